The Balaban J connectivity index is 1.80. The van der Waals surface area contributed by atoms with Crippen molar-refractivity contribution < 1.29 is 14.3 Å². The summed E-state index contributed by atoms with van der Waals surface area (Å²) in [6.07, 6.45) is 0. The van der Waals surface area contributed by atoms with Gasteiger partial charge in [-0.05, 0) is 73.2 Å². The molecule has 5 heteroatoms. The molecule has 0 bridgehead atoms. The molecule has 0 heterocycles. The molecule has 0 radical (unpaired) electrons. The third-order valence-electron chi connectivity index (χ3n) is 4.38. The van der Waals surface area contributed by atoms with Crippen molar-refractivity contribution in [2.75, 3.05) is 11.9 Å². The molecular formula is C24H24INO3. The van der Waals surface area contributed by atoms with Gasteiger partial charge in [0.15, 0.2) is 11.5 Å². The molecule has 1 N–H and O–H groups in total. The minimum Gasteiger partial charge on any atom is -0.490 e. The van der Waals surface area contributed by atoms with Crippen LogP contribution in [-0.4, -0.2) is 12.5 Å². The van der Waals surface area contributed by atoms with Crippen molar-refractivity contribution in [1.82, 2.24) is 0 Å². The molecule has 0 atom stereocenters. The first-order chi connectivity index (χ1) is 14.0. The van der Waals surface area contributed by atoms with Crippen molar-refractivity contribution in [2.24, 2.45) is 0 Å². The smallest absolute Gasteiger partial charge is 0.255 e. The number of hydrogen-bond acceptors (Lipinski definition) is 3. The van der Waals surface area contributed by atoms with Crippen molar-refractivity contribution in [3.05, 3.63) is 86.5 Å². The van der Waals surface area contributed by atoms with E-state index in [1.165, 1.54) is 5.56 Å². The second-order valence-corrected chi connectivity index (χ2v) is 7.97. The van der Waals surface area contributed by atoms with Crippen LogP contribution in [0.2, 0.25) is 0 Å². The molecule has 0 aliphatic heterocycles. The van der Waals surface area contributed by atoms with E-state index in [0.717, 1.165) is 20.4 Å². The molecule has 0 fully saturated rings. The van der Waals surface area contributed by atoms with E-state index in [-0.39, 0.29) is 5.91 Å². The van der Waals surface area contributed by atoms with E-state index in [1.54, 1.807) is 6.07 Å². The van der Waals surface area contributed by atoms with Crippen LogP contribution < -0.4 is 14.8 Å². The second-order valence-electron chi connectivity index (χ2n) is 6.81. The Labute approximate surface area is 185 Å². The fourth-order valence-electron chi connectivity index (χ4n) is 2.78. The van der Waals surface area contributed by atoms with Gasteiger partial charge < -0.3 is 14.8 Å². The number of ether oxygens (including phenoxy) is 2. The summed E-state index contributed by atoms with van der Waals surface area (Å²) in [7, 11) is 0. The standard InChI is InChI=1S/C24H24INO3/c1-4-28-22-14-19(24(27)26-20-11-7-17(3)8-12-20)13-21(25)23(22)29-15-18-9-5-16(2)6-10-18/h5-14H,4,15H2,1-3H3,(H,26,27). The van der Waals surface area contributed by atoms with Gasteiger partial charge in [0.05, 0.1) is 10.2 Å². The predicted octanol–water partition coefficient (Wildman–Crippen LogP) is 6.14. The molecule has 3 aromatic rings. The minimum absolute atomic E-state index is 0.183. The Morgan fingerprint density at radius 1 is 0.931 bits per heavy atom. The number of rotatable bonds is 7. The van der Waals surface area contributed by atoms with E-state index in [2.05, 4.69) is 47.0 Å². The average molecular weight is 501 g/mol. The maximum atomic E-state index is 12.7. The summed E-state index contributed by atoms with van der Waals surface area (Å²) in [5.41, 5.74) is 4.72. The Morgan fingerprint density at radius 3 is 2.17 bits per heavy atom. The maximum Gasteiger partial charge on any atom is 0.255 e. The molecule has 0 aliphatic carbocycles. The number of aryl methyl sites for hydroxylation is 2. The summed E-state index contributed by atoms with van der Waals surface area (Å²) in [6, 6.07) is 19.5. The van der Waals surface area contributed by atoms with E-state index < -0.39 is 0 Å². The molecule has 150 valence electrons. The van der Waals surface area contributed by atoms with Crippen molar-refractivity contribution in [1.29, 1.82) is 0 Å². The van der Waals surface area contributed by atoms with Gasteiger partial charge in [-0.25, -0.2) is 0 Å². The Bertz CT molecular complexity index is 982. The zero-order chi connectivity index (χ0) is 20.8. The Kier molecular flexibility index (Phi) is 7.14. The monoisotopic (exact) mass is 501 g/mol. The van der Waals surface area contributed by atoms with Crippen LogP contribution in [0.4, 0.5) is 5.69 Å². The lowest BCUT2D eigenvalue weighted by atomic mass is 10.1. The Hall–Kier alpha value is -2.54. The number of carbonyl (C=O) groups is 1. The first kappa shape index (κ1) is 21.2. The molecular weight excluding hydrogens is 477 g/mol. The van der Waals surface area contributed by atoms with Gasteiger partial charge in [0.1, 0.15) is 6.61 Å². The van der Waals surface area contributed by atoms with Gasteiger partial charge in [0.2, 0.25) is 0 Å². The van der Waals surface area contributed by atoms with Gasteiger partial charge in [0, 0.05) is 11.3 Å². The molecule has 0 aromatic heterocycles. The topological polar surface area (TPSA) is 47.6 Å². The summed E-state index contributed by atoms with van der Waals surface area (Å²) in [6.45, 7) is 6.90. The minimum atomic E-state index is -0.183. The Morgan fingerprint density at radius 2 is 1.55 bits per heavy atom. The number of carbonyl (C=O) groups excluding carboxylic acids is 1. The lowest BCUT2D eigenvalue weighted by molar-refractivity contribution is 0.102. The lowest BCUT2D eigenvalue weighted by Crippen LogP contribution is -2.13. The highest BCUT2D eigenvalue weighted by molar-refractivity contribution is 14.1. The van der Waals surface area contributed by atoms with E-state index in [1.807, 2.05) is 56.3 Å². The molecule has 0 saturated heterocycles. The summed E-state index contributed by atoms with van der Waals surface area (Å²) in [5.74, 6) is 1.04. The fourth-order valence-corrected chi connectivity index (χ4v) is 3.54. The molecule has 29 heavy (non-hydrogen) atoms. The summed E-state index contributed by atoms with van der Waals surface area (Å²) in [5, 5.41) is 2.93. The summed E-state index contributed by atoms with van der Waals surface area (Å²) < 4.78 is 12.6. The largest absolute Gasteiger partial charge is 0.490 e. The van der Waals surface area contributed by atoms with Crippen LogP contribution in [0.25, 0.3) is 0 Å². The molecule has 0 unspecified atom stereocenters. The van der Waals surface area contributed by atoms with Gasteiger partial charge in [-0.15, -0.1) is 0 Å². The van der Waals surface area contributed by atoms with Crippen LogP contribution in [0.3, 0.4) is 0 Å². The zero-order valence-corrected chi connectivity index (χ0v) is 18.9. The van der Waals surface area contributed by atoms with Gasteiger partial charge >= 0.3 is 0 Å². The van der Waals surface area contributed by atoms with Crippen LogP contribution in [-0.2, 0) is 6.61 Å². The van der Waals surface area contributed by atoms with Gasteiger partial charge in [0.25, 0.3) is 5.91 Å². The average Bonchev–Trinajstić information content (AvgIpc) is 2.70. The third-order valence-corrected chi connectivity index (χ3v) is 5.19. The first-order valence-electron chi connectivity index (χ1n) is 9.49. The van der Waals surface area contributed by atoms with Crippen LogP contribution in [0.15, 0.2) is 60.7 Å². The molecule has 0 spiro atoms. The first-order valence-corrected chi connectivity index (χ1v) is 10.6. The number of hydrogen-bond donors (Lipinski definition) is 1. The quantitative estimate of drug-likeness (QED) is 0.396. The summed E-state index contributed by atoms with van der Waals surface area (Å²) >= 11 is 2.18. The highest BCUT2D eigenvalue weighted by atomic mass is 127. The van der Waals surface area contributed by atoms with Gasteiger partial charge in [-0.1, -0.05) is 47.5 Å². The SMILES string of the molecule is CCOc1cc(C(=O)Nc2ccc(C)cc2)cc(I)c1OCc1ccc(C)cc1. The van der Waals surface area contributed by atoms with E-state index in [9.17, 15) is 4.79 Å². The number of halogens is 1. The number of amides is 1. The predicted molar refractivity (Wildman–Crippen MR) is 125 cm³/mol. The second kappa shape index (κ2) is 9.78. The number of nitrogens with one attached hydrogen (secondary N) is 1. The number of benzene rings is 3. The molecule has 4 nitrogen and oxygen atoms in total. The van der Waals surface area contributed by atoms with Crippen LogP contribution >= 0.6 is 22.6 Å². The molecule has 3 rings (SSSR count). The van der Waals surface area contributed by atoms with Gasteiger partial charge in [-0.3, -0.25) is 4.79 Å². The highest BCUT2D eigenvalue weighted by Crippen LogP contribution is 2.35. The lowest BCUT2D eigenvalue weighted by Gasteiger charge is -2.16. The maximum absolute atomic E-state index is 12.7. The number of anilines is 1. The molecule has 1 amide bonds. The van der Waals surface area contributed by atoms with E-state index in [4.69, 9.17) is 9.47 Å². The van der Waals surface area contributed by atoms with Crippen molar-refractivity contribution in [3.8, 4) is 11.5 Å². The van der Waals surface area contributed by atoms with Crippen molar-refractivity contribution >= 4 is 34.2 Å². The van der Waals surface area contributed by atoms with Crippen LogP contribution in [0.1, 0.15) is 34.0 Å². The zero-order valence-electron chi connectivity index (χ0n) is 16.8. The van der Waals surface area contributed by atoms with E-state index >= 15 is 0 Å². The third kappa shape index (κ3) is 5.73. The molecule has 0 saturated carbocycles. The summed E-state index contributed by atoms with van der Waals surface area (Å²) in [4.78, 5) is 12.7. The van der Waals surface area contributed by atoms with Crippen molar-refractivity contribution in [3.63, 3.8) is 0 Å². The van der Waals surface area contributed by atoms with Crippen LogP contribution in [0.5, 0.6) is 11.5 Å². The van der Waals surface area contributed by atoms with Gasteiger partial charge in [-0.2, -0.15) is 0 Å². The van der Waals surface area contributed by atoms with Crippen molar-refractivity contribution in [2.45, 2.75) is 27.4 Å². The molecule has 3 aromatic carbocycles. The van der Waals surface area contributed by atoms with Crippen LogP contribution in [0, 0.1) is 17.4 Å². The fraction of sp³-hybridized carbons (Fsp3) is 0.208. The highest BCUT2D eigenvalue weighted by Gasteiger charge is 2.16. The van der Waals surface area contributed by atoms with E-state index in [0.29, 0.717) is 30.3 Å². The normalized spacial score (nSPS) is 10.5. The molecule has 0 aliphatic rings.